The van der Waals surface area contributed by atoms with Gasteiger partial charge in [0, 0.05) is 18.4 Å². The zero-order valence-corrected chi connectivity index (χ0v) is 11.5. The summed E-state index contributed by atoms with van der Waals surface area (Å²) < 4.78 is 0. The molecule has 0 radical (unpaired) electrons. The first-order chi connectivity index (χ1) is 8.32. The highest BCUT2D eigenvalue weighted by molar-refractivity contribution is 5.95. The standard InChI is InChI=1S/C14H22N2O2/c1-10(17)8-14(3,4)9-16-13(18)12-6-5-7-15-11(12)2/h5-7,10,17H,8-9H2,1-4H3,(H,16,18). The number of carbonyl (C=O) groups is 1. The van der Waals surface area contributed by atoms with E-state index in [9.17, 15) is 9.90 Å². The summed E-state index contributed by atoms with van der Waals surface area (Å²) >= 11 is 0. The molecular weight excluding hydrogens is 228 g/mol. The minimum Gasteiger partial charge on any atom is -0.393 e. The lowest BCUT2D eigenvalue weighted by molar-refractivity contribution is 0.0901. The first kappa shape index (κ1) is 14.6. The molecule has 0 saturated carbocycles. The highest BCUT2D eigenvalue weighted by atomic mass is 16.3. The van der Waals surface area contributed by atoms with E-state index in [1.807, 2.05) is 20.8 Å². The van der Waals surface area contributed by atoms with Crippen LogP contribution in [0.25, 0.3) is 0 Å². The molecule has 100 valence electrons. The maximum absolute atomic E-state index is 12.0. The van der Waals surface area contributed by atoms with E-state index in [-0.39, 0.29) is 17.4 Å². The molecule has 0 aliphatic heterocycles. The molecule has 0 bridgehead atoms. The minimum absolute atomic E-state index is 0.112. The fourth-order valence-electron chi connectivity index (χ4n) is 2.01. The summed E-state index contributed by atoms with van der Waals surface area (Å²) in [4.78, 5) is 16.1. The van der Waals surface area contributed by atoms with Crippen molar-refractivity contribution in [3.05, 3.63) is 29.6 Å². The smallest absolute Gasteiger partial charge is 0.253 e. The molecule has 0 fully saturated rings. The van der Waals surface area contributed by atoms with Gasteiger partial charge in [-0.05, 0) is 37.8 Å². The lowest BCUT2D eigenvalue weighted by Gasteiger charge is -2.26. The van der Waals surface area contributed by atoms with E-state index in [2.05, 4.69) is 10.3 Å². The van der Waals surface area contributed by atoms with E-state index in [0.29, 0.717) is 18.5 Å². The van der Waals surface area contributed by atoms with Gasteiger partial charge in [-0.3, -0.25) is 9.78 Å². The van der Waals surface area contributed by atoms with E-state index in [4.69, 9.17) is 0 Å². The maximum Gasteiger partial charge on any atom is 0.253 e. The Labute approximate surface area is 108 Å². The van der Waals surface area contributed by atoms with Crippen molar-refractivity contribution in [3.63, 3.8) is 0 Å². The Bertz CT molecular complexity index is 414. The molecule has 0 spiro atoms. The molecule has 0 aliphatic rings. The molecule has 1 aromatic heterocycles. The van der Waals surface area contributed by atoms with E-state index in [1.165, 1.54) is 0 Å². The largest absolute Gasteiger partial charge is 0.393 e. The van der Waals surface area contributed by atoms with Gasteiger partial charge < -0.3 is 10.4 Å². The summed E-state index contributed by atoms with van der Waals surface area (Å²) in [6, 6.07) is 3.52. The van der Waals surface area contributed by atoms with Crippen LogP contribution in [0, 0.1) is 12.3 Å². The third-order valence-corrected chi connectivity index (χ3v) is 2.83. The molecule has 0 saturated heterocycles. The highest BCUT2D eigenvalue weighted by Gasteiger charge is 2.21. The Hall–Kier alpha value is -1.42. The fraction of sp³-hybridized carbons (Fsp3) is 0.571. The number of aryl methyl sites for hydroxylation is 1. The molecule has 4 heteroatoms. The molecule has 2 N–H and O–H groups in total. The zero-order chi connectivity index (χ0) is 13.8. The Kier molecular flexibility index (Phi) is 4.84. The van der Waals surface area contributed by atoms with Crippen molar-refractivity contribution < 1.29 is 9.90 Å². The van der Waals surface area contributed by atoms with Crippen molar-refractivity contribution in [1.82, 2.24) is 10.3 Å². The molecule has 1 atom stereocenters. The van der Waals surface area contributed by atoms with E-state index in [0.717, 1.165) is 5.69 Å². The third-order valence-electron chi connectivity index (χ3n) is 2.83. The predicted molar refractivity (Wildman–Crippen MR) is 71.4 cm³/mol. The van der Waals surface area contributed by atoms with Gasteiger partial charge in [0.25, 0.3) is 5.91 Å². The minimum atomic E-state index is -0.364. The quantitative estimate of drug-likeness (QED) is 0.839. The van der Waals surface area contributed by atoms with E-state index >= 15 is 0 Å². The molecule has 1 rings (SSSR count). The number of carbonyl (C=O) groups excluding carboxylic acids is 1. The van der Waals surface area contributed by atoms with Gasteiger partial charge in [-0.2, -0.15) is 0 Å². The number of amides is 1. The summed E-state index contributed by atoms with van der Waals surface area (Å²) in [5.74, 6) is -0.112. The van der Waals surface area contributed by atoms with E-state index in [1.54, 1.807) is 25.3 Å². The summed E-state index contributed by atoms with van der Waals surface area (Å²) in [5, 5.41) is 12.3. The lowest BCUT2D eigenvalue weighted by atomic mass is 9.87. The van der Waals surface area contributed by atoms with Crippen molar-refractivity contribution in [2.75, 3.05) is 6.54 Å². The summed E-state index contributed by atoms with van der Waals surface area (Å²) in [5.41, 5.74) is 1.20. The molecule has 4 nitrogen and oxygen atoms in total. The number of aliphatic hydroxyl groups excluding tert-OH is 1. The van der Waals surface area contributed by atoms with Crippen molar-refractivity contribution in [1.29, 1.82) is 0 Å². The fourth-order valence-corrected chi connectivity index (χ4v) is 2.01. The molecule has 1 aromatic rings. The van der Waals surface area contributed by atoms with Gasteiger partial charge in [-0.25, -0.2) is 0 Å². The van der Waals surface area contributed by atoms with Crippen molar-refractivity contribution in [2.24, 2.45) is 5.41 Å². The van der Waals surface area contributed by atoms with E-state index < -0.39 is 0 Å². The predicted octanol–water partition coefficient (Wildman–Crippen LogP) is 1.92. The van der Waals surface area contributed by atoms with Crippen LogP contribution in [0.1, 0.15) is 43.2 Å². The molecule has 1 heterocycles. The van der Waals surface area contributed by atoms with Crippen LogP contribution in [0.15, 0.2) is 18.3 Å². The number of hydrogen-bond acceptors (Lipinski definition) is 3. The van der Waals surface area contributed by atoms with Gasteiger partial charge >= 0.3 is 0 Å². The second kappa shape index (κ2) is 5.96. The van der Waals surface area contributed by atoms with Crippen LogP contribution in [-0.2, 0) is 0 Å². The van der Waals surface area contributed by atoms with Gasteiger partial charge in [0.05, 0.1) is 11.7 Å². The second-order valence-corrected chi connectivity index (χ2v) is 5.54. The Morgan fingerprint density at radius 3 is 2.78 bits per heavy atom. The van der Waals surface area contributed by atoms with Crippen molar-refractivity contribution in [3.8, 4) is 0 Å². The summed E-state index contributed by atoms with van der Waals surface area (Å²) in [7, 11) is 0. The normalized spacial score (nSPS) is 13.2. The molecule has 18 heavy (non-hydrogen) atoms. The summed E-state index contributed by atoms with van der Waals surface area (Å²) in [6.07, 6.45) is 1.96. The average molecular weight is 250 g/mol. The zero-order valence-electron chi connectivity index (χ0n) is 11.5. The van der Waals surface area contributed by atoms with Crippen molar-refractivity contribution >= 4 is 5.91 Å². The number of aromatic nitrogens is 1. The second-order valence-electron chi connectivity index (χ2n) is 5.54. The first-order valence-corrected chi connectivity index (χ1v) is 6.20. The first-order valence-electron chi connectivity index (χ1n) is 6.20. The lowest BCUT2D eigenvalue weighted by Crippen LogP contribution is -2.36. The topological polar surface area (TPSA) is 62.2 Å². The SMILES string of the molecule is Cc1ncccc1C(=O)NCC(C)(C)CC(C)O. The molecule has 0 aromatic carbocycles. The molecular formula is C14H22N2O2. The summed E-state index contributed by atoms with van der Waals surface area (Å²) in [6.45, 7) is 8.15. The average Bonchev–Trinajstić information content (AvgIpc) is 2.25. The van der Waals surface area contributed by atoms with Crippen LogP contribution in [0.2, 0.25) is 0 Å². The maximum atomic E-state index is 12.0. The Morgan fingerprint density at radius 1 is 1.56 bits per heavy atom. The van der Waals surface area contributed by atoms with Gasteiger partial charge in [0.2, 0.25) is 0 Å². The van der Waals surface area contributed by atoms with Crippen molar-refractivity contribution in [2.45, 2.75) is 40.2 Å². The highest BCUT2D eigenvalue weighted by Crippen LogP contribution is 2.21. The monoisotopic (exact) mass is 250 g/mol. The number of nitrogens with one attached hydrogen (secondary N) is 1. The number of rotatable bonds is 5. The van der Waals surface area contributed by atoms with Gasteiger partial charge in [0.1, 0.15) is 0 Å². The Balaban J connectivity index is 2.59. The molecule has 1 amide bonds. The van der Waals surface area contributed by atoms with Gasteiger partial charge in [0.15, 0.2) is 0 Å². The third kappa shape index (κ3) is 4.45. The molecule has 1 unspecified atom stereocenters. The number of nitrogens with zero attached hydrogens (tertiary/aromatic N) is 1. The number of aliphatic hydroxyl groups is 1. The van der Waals surface area contributed by atoms with Gasteiger partial charge in [-0.15, -0.1) is 0 Å². The molecule has 0 aliphatic carbocycles. The van der Waals surface area contributed by atoms with Crippen LogP contribution in [0.3, 0.4) is 0 Å². The van der Waals surface area contributed by atoms with Crippen LogP contribution in [-0.4, -0.2) is 28.6 Å². The van der Waals surface area contributed by atoms with Crippen LogP contribution < -0.4 is 5.32 Å². The number of hydrogen-bond donors (Lipinski definition) is 2. The van der Waals surface area contributed by atoms with Crippen LogP contribution >= 0.6 is 0 Å². The van der Waals surface area contributed by atoms with Crippen LogP contribution in [0.4, 0.5) is 0 Å². The Morgan fingerprint density at radius 2 is 2.22 bits per heavy atom. The van der Waals surface area contributed by atoms with Gasteiger partial charge in [-0.1, -0.05) is 13.8 Å². The number of pyridine rings is 1. The van der Waals surface area contributed by atoms with Crippen LogP contribution in [0.5, 0.6) is 0 Å².